The number of carbonyl (C=O) groups is 1. The minimum absolute atomic E-state index is 0.00685. The third-order valence-corrected chi connectivity index (χ3v) is 3.33. The highest BCUT2D eigenvalue weighted by atomic mass is 16.5. The molecule has 1 fully saturated rings. The summed E-state index contributed by atoms with van der Waals surface area (Å²) in [6.45, 7) is 3.98. The van der Waals surface area contributed by atoms with Crippen molar-refractivity contribution in [2.45, 2.75) is 18.8 Å². The molecule has 1 aliphatic heterocycles. The molecule has 15 heavy (non-hydrogen) atoms. The van der Waals surface area contributed by atoms with Crippen molar-refractivity contribution < 1.29 is 9.53 Å². The van der Waals surface area contributed by atoms with Gasteiger partial charge in [-0.05, 0) is 24.5 Å². The summed E-state index contributed by atoms with van der Waals surface area (Å²) < 4.78 is 5.31. The van der Waals surface area contributed by atoms with Crippen LogP contribution in [0.3, 0.4) is 0 Å². The van der Waals surface area contributed by atoms with Crippen LogP contribution in [0.5, 0.6) is 5.75 Å². The molecule has 3 rings (SSSR count). The number of carbonyl (C=O) groups excluding carboxylic acids is 1. The van der Waals surface area contributed by atoms with Crippen molar-refractivity contribution in [3.05, 3.63) is 42.0 Å². The quantitative estimate of drug-likeness (QED) is 0.365. The Labute approximate surface area is 88.6 Å². The normalized spacial score (nSPS) is 28.3. The zero-order valence-electron chi connectivity index (χ0n) is 8.40. The smallest absolute Gasteiger partial charge is 0.315 e. The lowest BCUT2D eigenvalue weighted by molar-refractivity contribution is -0.140. The molecule has 1 saturated carbocycles. The fourth-order valence-corrected chi connectivity index (χ4v) is 2.63. The Kier molecular flexibility index (Phi) is 1.72. The lowest BCUT2D eigenvalue weighted by atomic mass is 9.86. The predicted octanol–water partition coefficient (Wildman–Crippen LogP) is 2.66. The van der Waals surface area contributed by atoms with Crippen molar-refractivity contribution in [2.24, 2.45) is 5.92 Å². The molecule has 0 amide bonds. The Bertz CT molecular complexity index is 448. The fourth-order valence-electron chi connectivity index (χ4n) is 2.63. The Morgan fingerprint density at radius 3 is 2.80 bits per heavy atom. The molecule has 2 nitrogen and oxygen atoms in total. The number of esters is 1. The van der Waals surface area contributed by atoms with Gasteiger partial charge in [0.25, 0.3) is 0 Å². The zero-order valence-corrected chi connectivity index (χ0v) is 8.40. The van der Waals surface area contributed by atoms with Crippen LogP contribution in [0.4, 0.5) is 0 Å². The highest BCUT2D eigenvalue weighted by molar-refractivity contribution is 5.80. The summed E-state index contributed by atoms with van der Waals surface area (Å²) in [7, 11) is 0. The largest absolute Gasteiger partial charge is 0.426 e. The van der Waals surface area contributed by atoms with Crippen LogP contribution in [0.25, 0.3) is 0 Å². The van der Waals surface area contributed by atoms with Gasteiger partial charge < -0.3 is 4.74 Å². The molecule has 0 radical (unpaired) electrons. The third-order valence-electron chi connectivity index (χ3n) is 3.33. The molecule has 1 aromatic carbocycles. The van der Waals surface area contributed by atoms with Gasteiger partial charge >= 0.3 is 5.97 Å². The Balaban J connectivity index is 2.11. The molecule has 2 heteroatoms. The molecular weight excluding hydrogens is 188 g/mol. The molecule has 0 bridgehead atoms. The van der Waals surface area contributed by atoms with E-state index in [9.17, 15) is 4.79 Å². The molecule has 2 aliphatic rings. The van der Waals surface area contributed by atoms with E-state index >= 15 is 0 Å². The number of ether oxygens (including phenoxy) is 1. The molecule has 0 spiro atoms. The van der Waals surface area contributed by atoms with E-state index in [0.717, 1.165) is 18.6 Å². The highest BCUT2D eigenvalue weighted by Crippen LogP contribution is 2.48. The highest BCUT2D eigenvalue weighted by Gasteiger charge is 2.41. The van der Waals surface area contributed by atoms with E-state index in [1.807, 2.05) is 18.2 Å². The first-order valence-electron chi connectivity index (χ1n) is 5.23. The third kappa shape index (κ3) is 1.21. The topological polar surface area (TPSA) is 26.3 Å². The molecule has 1 heterocycles. The van der Waals surface area contributed by atoms with E-state index in [-0.39, 0.29) is 11.9 Å². The standard InChI is InChI=1S/C13H12O2/c1-8-6-10-9-4-2-3-5-12(9)15-13(14)11(10)7-8/h2-5,10-11H,1,6-7H2/t10-,11-/m1/s1. The van der Waals surface area contributed by atoms with E-state index in [1.54, 1.807) is 0 Å². The van der Waals surface area contributed by atoms with Crippen LogP contribution < -0.4 is 4.74 Å². The monoisotopic (exact) mass is 200 g/mol. The summed E-state index contributed by atoms with van der Waals surface area (Å²) in [5.74, 6) is 0.957. The maximum Gasteiger partial charge on any atom is 0.315 e. The maximum atomic E-state index is 11.7. The van der Waals surface area contributed by atoms with E-state index in [1.165, 1.54) is 11.1 Å². The number of rotatable bonds is 0. The molecular formula is C13H12O2. The van der Waals surface area contributed by atoms with Crippen LogP contribution in [0.15, 0.2) is 36.4 Å². The van der Waals surface area contributed by atoms with Gasteiger partial charge in [0.05, 0.1) is 5.92 Å². The van der Waals surface area contributed by atoms with Crippen molar-refractivity contribution in [3.8, 4) is 5.75 Å². The molecule has 0 aromatic heterocycles. The average molecular weight is 200 g/mol. The number of hydrogen-bond donors (Lipinski definition) is 0. The Hall–Kier alpha value is -1.57. The SMILES string of the molecule is C=C1C[C@@H]2c3ccccc3OC(=O)[C@@H]2C1. The number of allylic oxidation sites excluding steroid dienone is 1. The van der Waals surface area contributed by atoms with Crippen LogP contribution in [-0.2, 0) is 4.79 Å². The van der Waals surface area contributed by atoms with Gasteiger partial charge in [0.1, 0.15) is 5.75 Å². The number of para-hydroxylation sites is 1. The van der Waals surface area contributed by atoms with Crippen molar-refractivity contribution in [2.75, 3.05) is 0 Å². The number of benzene rings is 1. The maximum absolute atomic E-state index is 11.7. The van der Waals surface area contributed by atoms with Gasteiger partial charge in [0.15, 0.2) is 0 Å². The first-order valence-corrected chi connectivity index (χ1v) is 5.23. The Morgan fingerprint density at radius 1 is 1.20 bits per heavy atom. The first kappa shape index (κ1) is 8.72. The van der Waals surface area contributed by atoms with Gasteiger partial charge in [-0.2, -0.15) is 0 Å². The summed E-state index contributed by atoms with van der Waals surface area (Å²) in [4.78, 5) is 11.7. The van der Waals surface area contributed by atoms with Gasteiger partial charge in [0.2, 0.25) is 0 Å². The Morgan fingerprint density at radius 2 is 1.93 bits per heavy atom. The van der Waals surface area contributed by atoms with E-state index in [4.69, 9.17) is 4.74 Å². The first-order chi connectivity index (χ1) is 7.25. The predicted molar refractivity (Wildman–Crippen MR) is 56.7 cm³/mol. The molecule has 0 N–H and O–H groups in total. The van der Waals surface area contributed by atoms with E-state index in [2.05, 4.69) is 12.6 Å². The fraction of sp³-hybridized carbons (Fsp3) is 0.308. The van der Waals surface area contributed by atoms with Crippen molar-refractivity contribution in [1.29, 1.82) is 0 Å². The molecule has 1 aliphatic carbocycles. The second-order valence-electron chi connectivity index (χ2n) is 4.33. The van der Waals surface area contributed by atoms with Crippen molar-refractivity contribution in [1.82, 2.24) is 0 Å². The second kappa shape index (κ2) is 2.96. The van der Waals surface area contributed by atoms with Crippen molar-refractivity contribution in [3.63, 3.8) is 0 Å². The summed E-state index contributed by atoms with van der Waals surface area (Å²) in [6.07, 6.45) is 1.72. The van der Waals surface area contributed by atoms with Gasteiger partial charge in [0, 0.05) is 5.92 Å². The van der Waals surface area contributed by atoms with Crippen LogP contribution >= 0.6 is 0 Å². The molecule has 0 unspecified atom stereocenters. The minimum Gasteiger partial charge on any atom is -0.426 e. The van der Waals surface area contributed by atoms with Crippen LogP contribution in [0.1, 0.15) is 24.3 Å². The molecule has 2 atom stereocenters. The van der Waals surface area contributed by atoms with Crippen LogP contribution in [-0.4, -0.2) is 5.97 Å². The number of hydrogen-bond acceptors (Lipinski definition) is 2. The lowest BCUT2D eigenvalue weighted by Crippen LogP contribution is -2.28. The van der Waals surface area contributed by atoms with Gasteiger partial charge in [-0.15, -0.1) is 0 Å². The van der Waals surface area contributed by atoms with Gasteiger partial charge in [-0.3, -0.25) is 4.79 Å². The van der Waals surface area contributed by atoms with E-state index in [0.29, 0.717) is 5.92 Å². The summed E-state index contributed by atoms with van der Waals surface area (Å²) in [5.41, 5.74) is 2.33. The van der Waals surface area contributed by atoms with Crippen LogP contribution in [0, 0.1) is 5.92 Å². The summed E-state index contributed by atoms with van der Waals surface area (Å²) in [5, 5.41) is 0. The van der Waals surface area contributed by atoms with Gasteiger partial charge in [-0.25, -0.2) is 0 Å². The molecule has 76 valence electrons. The summed E-state index contributed by atoms with van der Waals surface area (Å²) in [6, 6.07) is 7.81. The lowest BCUT2D eigenvalue weighted by Gasteiger charge is -2.26. The molecule has 1 aromatic rings. The van der Waals surface area contributed by atoms with Gasteiger partial charge in [-0.1, -0.05) is 30.4 Å². The van der Waals surface area contributed by atoms with Crippen LogP contribution in [0.2, 0.25) is 0 Å². The zero-order chi connectivity index (χ0) is 10.4. The second-order valence-corrected chi connectivity index (χ2v) is 4.33. The van der Waals surface area contributed by atoms with E-state index < -0.39 is 0 Å². The average Bonchev–Trinajstić information content (AvgIpc) is 2.61. The minimum atomic E-state index is -0.0858. The van der Waals surface area contributed by atoms with Crippen molar-refractivity contribution >= 4 is 5.97 Å². The number of fused-ring (bicyclic) bond motifs is 3. The summed E-state index contributed by atoms with van der Waals surface area (Å²) >= 11 is 0. The molecule has 0 saturated heterocycles.